The van der Waals surface area contributed by atoms with E-state index in [9.17, 15) is 9.59 Å². The van der Waals surface area contributed by atoms with E-state index in [0.717, 1.165) is 11.6 Å². The Kier molecular flexibility index (Phi) is 2.92. The molecule has 18 heavy (non-hydrogen) atoms. The van der Waals surface area contributed by atoms with Crippen LogP contribution in [0.1, 0.15) is 17.9 Å². The lowest BCUT2D eigenvalue weighted by Gasteiger charge is -2.18. The molecule has 94 valence electrons. The lowest BCUT2D eigenvalue weighted by atomic mass is 9.89. The molecular weight excluding hydrogens is 234 g/mol. The molecule has 0 amide bonds. The summed E-state index contributed by atoms with van der Waals surface area (Å²) in [5.74, 6) is -2.82. The third-order valence-electron chi connectivity index (χ3n) is 3.18. The van der Waals surface area contributed by atoms with Crippen molar-refractivity contribution >= 4 is 11.9 Å². The van der Waals surface area contributed by atoms with Gasteiger partial charge in [-0.15, -0.1) is 0 Å². The molecule has 0 aromatic heterocycles. The summed E-state index contributed by atoms with van der Waals surface area (Å²) in [6, 6.07) is 8.93. The second-order valence-electron chi connectivity index (χ2n) is 4.42. The van der Waals surface area contributed by atoms with Crippen LogP contribution in [-0.2, 0) is 9.59 Å². The molecule has 2 rings (SSSR count). The highest BCUT2D eigenvalue weighted by Crippen LogP contribution is 2.39. The van der Waals surface area contributed by atoms with E-state index in [0.29, 0.717) is 0 Å². The zero-order valence-electron chi connectivity index (χ0n) is 9.54. The Bertz CT molecular complexity index is 523. The molecule has 1 aromatic rings. The minimum Gasteiger partial charge on any atom is -0.480 e. The van der Waals surface area contributed by atoms with Crippen LogP contribution < -0.4 is 5.73 Å². The summed E-state index contributed by atoms with van der Waals surface area (Å²) >= 11 is 0. The largest absolute Gasteiger partial charge is 0.480 e. The maximum absolute atomic E-state index is 11.2. The minimum atomic E-state index is -1.60. The molecule has 0 radical (unpaired) electrons. The van der Waals surface area contributed by atoms with Gasteiger partial charge < -0.3 is 15.9 Å². The van der Waals surface area contributed by atoms with Crippen LogP contribution >= 0.6 is 0 Å². The number of carbonyl (C=O) groups is 2. The Labute approximate surface area is 104 Å². The fraction of sp³-hybridized carbons (Fsp3) is 0.231. The summed E-state index contributed by atoms with van der Waals surface area (Å²) in [4.78, 5) is 22.3. The smallest absolute Gasteiger partial charge is 0.331 e. The van der Waals surface area contributed by atoms with E-state index in [2.05, 4.69) is 0 Å². The first-order valence-electron chi connectivity index (χ1n) is 5.47. The molecular formula is C13H13NO4. The van der Waals surface area contributed by atoms with Crippen LogP contribution in [0.15, 0.2) is 42.0 Å². The quantitative estimate of drug-likeness (QED) is 0.738. The topological polar surface area (TPSA) is 101 Å². The van der Waals surface area contributed by atoms with Crippen molar-refractivity contribution in [1.82, 2.24) is 0 Å². The molecule has 4 N–H and O–H groups in total. The van der Waals surface area contributed by atoms with Gasteiger partial charge in [-0.05, 0) is 18.1 Å². The Morgan fingerprint density at radius 3 is 2.33 bits per heavy atom. The number of carboxylic acid groups (broad SMARTS) is 2. The van der Waals surface area contributed by atoms with Gasteiger partial charge >= 0.3 is 11.9 Å². The summed E-state index contributed by atoms with van der Waals surface area (Å²) in [7, 11) is 0. The molecule has 1 aliphatic rings. The number of hydrogen-bond donors (Lipinski definition) is 3. The summed E-state index contributed by atoms with van der Waals surface area (Å²) < 4.78 is 0. The van der Waals surface area contributed by atoms with Gasteiger partial charge in [0, 0.05) is 11.5 Å². The molecule has 5 heteroatoms. The van der Waals surface area contributed by atoms with Crippen LogP contribution in [0.3, 0.4) is 0 Å². The van der Waals surface area contributed by atoms with Crippen molar-refractivity contribution in [2.75, 3.05) is 0 Å². The lowest BCUT2D eigenvalue weighted by molar-refractivity contribution is -0.141. The van der Waals surface area contributed by atoms with Gasteiger partial charge in [0.25, 0.3) is 0 Å². The van der Waals surface area contributed by atoms with Crippen LogP contribution in [0, 0.1) is 0 Å². The van der Waals surface area contributed by atoms with Gasteiger partial charge in [0.15, 0.2) is 0 Å². The number of carboxylic acids is 2. The third kappa shape index (κ3) is 2.00. The van der Waals surface area contributed by atoms with E-state index < -0.39 is 23.4 Å². The fourth-order valence-electron chi connectivity index (χ4n) is 2.23. The van der Waals surface area contributed by atoms with Crippen molar-refractivity contribution in [3.63, 3.8) is 0 Å². The SMILES string of the molecule is N[C@]1(C(=O)O)C=C(C(=O)O)[C@H](c2ccccc2)C1. The van der Waals surface area contributed by atoms with Crippen molar-refractivity contribution in [2.45, 2.75) is 17.9 Å². The molecule has 0 aliphatic heterocycles. The van der Waals surface area contributed by atoms with Crippen molar-refractivity contribution in [3.05, 3.63) is 47.5 Å². The van der Waals surface area contributed by atoms with Gasteiger partial charge in [-0.3, -0.25) is 0 Å². The Hall–Kier alpha value is -2.14. The normalized spacial score (nSPS) is 26.7. The predicted octanol–water partition coefficient (Wildman–Crippen LogP) is 0.967. The van der Waals surface area contributed by atoms with E-state index in [1.54, 1.807) is 24.3 Å². The van der Waals surface area contributed by atoms with Crippen molar-refractivity contribution in [3.8, 4) is 0 Å². The standard InChI is InChI=1S/C13H13NO4/c14-13(12(17)18)6-9(10(7-13)11(15)16)8-4-2-1-3-5-8/h1-5,7,9H,6,14H2,(H,15,16)(H,17,18)/t9-,13-/m0/s1. The Balaban J connectivity index is 2.43. The first kappa shape index (κ1) is 12.3. The Morgan fingerprint density at radius 1 is 1.22 bits per heavy atom. The second kappa shape index (κ2) is 4.27. The molecule has 0 saturated heterocycles. The van der Waals surface area contributed by atoms with E-state index in [1.807, 2.05) is 6.07 Å². The molecule has 1 aromatic carbocycles. The Morgan fingerprint density at radius 2 is 1.83 bits per heavy atom. The molecule has 0 spiro atoms. The predicted molar refractivity (Wildman–Crippen MR) is 64.1 cm³/mol. The van der Waals surface area contributed by atoms with Crippen LogP contribution in [0.5, 0.6) is 0 Å². The summed E-state index contributed by atoms with van der Waals surface area (Å²) in [6.07, 6.45) is 1.21. The van der Waals surface area contributed by atoms with Gasteiger partial charge in [-0.1, -0.05) is 30.3 Å². The summed E-state index contributed by atoms with van der Waals surface area (Å²) in [5.41, 5.74) is 4.93. The van der Waals surface area contributed by atoms with Crippen LogP contribution in [0.25, 0.3) is 0 Å². The van der Waals surface area contributed by atoms with Crippen molar-refractivity contribution in [2.24, 2.45) is 5.73 Å². The zero-order chi connectivity index (χ0) is 13.3. The number of benzene rings is 1. The van der Waals surface area contributed by atoms with Gasteiger partial charge in [-0.25, -0.2) is 9.59 Å². The maximum atomic E-state index is 11.2. The highest BCUT2D eigenvalue weighted by atomic mass is 16.4. The summed E-state index contributed by atoms with van der Waals surface area (Å²) in [5, 5.41) is 18.2. The lowest BCUT2D eigenvalue weighted by Crippen LogP contribution is -2.44. The molecule has 0 bridgehead atoms. The highest BCUT2D eigenvalue weighted by Gasteiger charge is 2.44. The molecule has 0 fully saturated rings. The average Bonchev–Trinajstić information content (AvgIpc) is 2.70. The average molecular weight is 247 g/mol. The maximum Gasteiger partial charge on any atom is 0.331 e. The van der Waals surface area contributed by atoms with Crippen LogP contribution in [0.2, 0.25) is 0 Å². The molecule has 0 unspecified atom stereocenters. The molecule has 5 nitrogen and oxygen atoms in total. The number of aliphatic carboxylic acids is 2. The number of hydrogen-bond acceptors (Lipinski definition) is 3. The van der Waals surface area contributed by atoms with E-state index >= 15 is 0 Å². The monoisotopic (exact) mass is 247 g/mol. The van der Waals surface area contributed by atoms with Crippen LogP contribution in [-0.4, -0.2) is 27.7 Å². The van der Waals surface area contributed by atoms with E-state index in [1.165, 1.54) is 0 Å². The van der Waals surface area contributed by atoms with Gasteiger partial charge in [0.2, 0.25) is 0 Å². The van der Waals surface area contributed by atoms with Crippen molar-refractivity contribution in [1.29, 1.82) is 0 Å². The highest BCUT2D eigenvalue weighted by molar-refractivity contribution is 5.94. The second-order valence-corrected chi connectivity index (χ2v) is 4.42. The van der Waals surface area contributed by atoms with Gasteiger partial charge in [0.1, 0.15) is 5.54 Å². The first-order valence-corrected chi connectivity index (χ1v) is 5.47. The molecule has 0 saturated carbocycles. The van der Waals surface area contributed by atoms with E-state index in [4.69, 9.17) is 15.9 Å². The first-order chi connectivity index (χ1) is 8.44. The molecule has 1 aliphatic carbocycles. The van der Waals surface area contributed by atoms with Crippen molar-refractivity contribution < 1.29 is 19.8 Å². The minimum absolute atomic E-state index is 0.0473. The fourth-order valence-corrected chi connectivity index (χ4v) is 2.23. The number of rotatable bonds is 3. The zero-order valence-corrected chi connectivity index (χ0v) is 9.54. The van der Waals surface area contributed by atoms with Crippen LogP contribution in [0.4, 0.5) is 0 Å². The molecule has 2 atom stereocenters. The summed E-state index contributed by atoms with van der Waals surface area (Å²) in [6.45, 7) is 0. The van der Waals surface area contributed by atoms with E-state index in [-0.39, 0.29) is 12.0 Å². The molecule has 0 heterocycles. The number of nitrogens with two attached hydrogens (primary N) is 1. The van der Waals surface area contributed by atoms with Gasteiger partial charge in [-0.2, -0.15) is 0 Å². The van der Waals surface area contributed by atoms with Gasteiger partial charge in [0.05, 0.1) is 0 Å². The third-order valence-corrected chi connectivity index (χ3v) is 3.18.